The van der Waals surface area contributed by atoms with Gasteiger partial charge in [-0.2, -0.15) is 0 Å². The van der Waals surface area contributed by atoms with Crippen molar-refractivity contribution >= 4 is 17.2 Å². The number of aliphatic hydroxyl groups is 1. The number of carbonyl (C=O) groups is 1. The van der Waals surface area contributed by atoms with E-state index in [2.05, 4.69) is 16.7 Å². The van der Waals surface area contributed by atoms with Gasteiger partial charge in [0.05, 0.1) is 16.4 Å². The fourth-order valence-electron chi connectivity index (χ4n) is 1.82. The van der Waals surface area contributed by atoms with Crippen LogP contribution in [0.3, 0.4) is 0 Å². The summed E-state index contributed by atoms with van der Waals surface area (Å²) in [5.41, 5.74) is 1.02. The van der Waals surface area contributed by atoms with Gasteiger partial charge in [0.15, 0.2) is 0 Å². The summed E-state index contributed by atoms with van der Waals surface area (Å²) < 4.78 is 0. The SMILES string of the molecule is Cc1cc(C(=O)N(C)CCCN(C)C)sc1C#CCCO. The molecule has 1 aromatic heterocycles. The van der Waals surface area contributed by atoms with Crippen LogP contribution in [-0.4, -0.2) is 61.7 Å². The van der Waals surface area contributed by atoms with E-state index < -0.39 is 0 Å². The highest BCUT2D eigenvalue weighted by Crippen LogP contribution is 2.22. The minimum absolute atomic E-state index is 0.0528. The van der Waals surface area contributed by atoms with Gasteiger partial charge in [0.1, 0.15) is 0 Å². The van der Waals surface area contributed by atoms with Gasteiger partial charge in [0.25, 0.3) is 5.91 Å². The van der Waals surface area contributed by atoms with Crippen LogP contribution in [0.25, 0.3) is 0 Å². The molecule has 1 rings (SSSR count). The molecule has 1 N–H and O–H groups in total. The van der Waals surface area contributed by atoms with Crippen LogP contribution in [0.4, 0.5) is 0 Å². The van der Waals surface area contributed by atoms with Crippen molar-refractivity contribution in [3.05, 3.63) is 21.4 Å². The normalized spacial score (nSPS) is 10.4. The van der Waals surface area contributed by atoms with E-state index in [0.29, 0.717) is 6.42 Å². The molecule has 0 aliphatic carbocycles. The van der Waals surface area contributed by atoms with Crippen molar-refractivity contribution in [2.24, 2.45) is 0 Å². The van der Waals surface area contributed by atoms with Crippen molar-refractivity contribution in [1.29, 1.82) is 0 Å². The van der Waals surface area contributed by atoms with Crippen LogP contribution in [0.1, 0.15) is 33.0 Å². The molecule has 0 aromatic carbocycles. The first-order chi connectivity index (χ1) is 9.95. The lowest BCUT2D eigenvalue weighted by atomic mass is 10.2. The van der Waals surface area contributed by atoms with E-state index in [4.69, 9.17) is 5.11 Å². The lowest BCUT2D eigenvalue weighted by Crippen LogP contribution is -2.29. The number of rotatable bonds is 6. The Hall–Kier alpha value is -1.35. The van der Waals surface area contributed by atoms with Crippen LogP contribution in [0.5, 0.6) is 0 Å². The predicted molar refractivity (Wildman–Crippen MR) is 87.8 cm³/mol. The minimum Gasteiger partial charge on any atom is -0.395 e. The molecule has 4 nitrogen and oxygen atoms in total. The van der Waals surface area contributed by atoms with Crippen molar-refractivity contribution in [1.82, 2.24) is 9.80 Å². The molecule has 1 heterocycles. The van der Waals surface area contributed by atoms with Gasteiger partial charge in [-0.1, -0.05) is 11.8 Å². The smallest absolute Gasteiger partial charge is 0.263 e. The Bertz CT molecular complexity index is 526. The standard InChI is InChI=1S/C16H24N2O2S/c1-13-12-15(21-14(13)8-5-6-11-19)16(20)18(4)10-7-9-17(2)3/h12,19H,6-7,9-11H2,1-4H3. The molecule has 1 amide bonds. The lowest BCUT2D eigenvalue weighted by Gasteiger charge is -2.17. The Morgan fingerprint density at radius 3 is 2.67 bits per heavy atom. The summed E-state index contributed by atoms with van der Waals surface area (Å²) in [5, 5.41) is 8.74. The quantitative estimate of drug-likeness (QED) is 0.815. The molecule has 116 valence electrons. The molecule has 5 heteroatoms. The van der Waals surface area contributed by atoms with Gasteiger partial charge in [-0.05, 0) is 45.6 Å². The van der Waals surface area contributed by atoms with E-state index in [9.17, 15) is 4.79 Å². The fraction of sp³-hybridized carbons (Fsp3) is 0.562. The molecule has 0 unspecified atom stereocenters. The summed E-state index contributed by atoms with van der Waals surface area (Å²) in [5.74, 6) is 5.97. The average molecular weight is 308 g/mol. The molecular formula is C16H24N2O2S. The Balaban J connectivity index is 2.66. The molecule has 1 aromatic rings. The number of thiophene rings is 1. The van der Waals surface area contributed by atoms with Gasteiger partial charge in [-0.25, -0.2) is 0 Å². The van der Waals surface area contributed by atoms with Gasteiger partial charge in [-0.15, -0.1) is 11.3 Å². The van der Waals surface area contributed by atoms with Gasteiger partial charge in [-0.3, -0.25) is 4.79 Å². The zero-order valence-electron chi connectivity index (χ0n) is 13.3. The zero-order valence-corrected chi connectivity index (χ0v) is 14.1. The van der Waals surface area contributed by atoms with Crippen LogP contribution < -0.4 is 0 Å². The molecule has 0 bridgehead atoms. The van der Waals surface area contributed by atoms with Gasteiger partial charge < -0.3 is 14.9 Å². The summed E-state index contributed by atoms with van der Waals surface area (Å²) in [4.78, 5) is 17.9. The highest BCUT2D eigenvalue weighted by atomic mass is 32.1. The topological polar surface area (TPSA) is 43.8 Å². The number of carbonyl (C=O) groups excluding carboxylic acids is 1. The second-order valence-corrected chi connectivity index (χ2v) is 6.33. The first-order valence-electron chi connectivity index (χ1n) is 7.06. The van der Waals surface area contributed by atoms with Crippen LogP contribution >= 0.6 is 11.3 Å². The monoisotopic (exact) mass is 308 g/mol. The van der Waals surface area contributed by atoms with Gasteiger partial charge in [0, 0.05) is 20.0 Å². The van der Waals surface area contributed by atoms with Gasteiger partial charge >= 0.3 is 0 Å². The summed E-state index contributed by atoms with van der Waals surface area (Å²) in [6.45, 7) is 3.75. The lowest BCUT2D eigenvalue weighted by molar-refractivity contribution is 0.0795. The number of hydrogen-bond donors (Lipinski definition) is 1. The molecular weight excluding hydrogens is 284 g/mol. The number of aryl methyl sites for hydroxylation is 1. The highest BCUT2D eigenvalue weighted by molar-refractivity contribution is 7.14. The molecule has 0 aliphatic heterocycles. The molecule has 0 saturated heterocycles. The first kappa shape index (κ1) is 17.7. The molecule has 0 saturated carbocycles. The third kappa shape index (κ3) is 5.88. The Kier molecular flexibility index (Phi) is 7.44. The van der Waals surface area contributed by atoms with Crippen LogP contribution in [0.15, 0.2) is 6.07 Å². The number of hydrogen-bond acceptors (Lipinski definition) is 4. The van der Waals surface area contributed by atoms with Crippen molar-refractivity contribution in [2.75, 3.05) is 40.8 Å². The van der Waals surface area contributed by atoms with Crippen molar-refractivity contribution < 1.29 is 9.90 Å². The third-order valence-electron chi connectivity index (χ3n) is 3.01. The van der Waals surface area contributed by atoms with E-state index >= 15 is 0 Å². The number of aliphatic hydroxyl groups excluding tert-OH is 1. The van der Waals surface area contributed by atoms with E-state index in [1.54, 1.807) is 4.90 Å². The highest BCUT2D eigenvalue weighted by Gasteiger charge is 2.15. The van der Waals surface area contributed by atoms with Crippen LogP contribution in [0, 0.1) is 18.8 Å². The average Bonchev–Trinajstić information content (AvgIpc) is 2.79. The molecule has 0 spiro atoms. The summed E-state index contributed by atoms with van der Waals surface area (Å²) in [6, 6.07) is 1.90. The second-order valence-electron chi connectivity index (χ2n) is 5.28. The minimum atomic E-state index is 0.0528. The molecule has 0 fully saturated rings. The molecule has 0 atom stereocenters. The maximum absolute atomic E-state index is 12.4. The fourth-order valence-corrected chi connectivity index (χ4v) is 2.87. The maximum Gasteiger partial charge on any atom is 0.263 e. The van der Waals surface area contributed by atoms with E-state index in [1.165, 1.54) is 11.3 Å². The number of nitrogens with zero attached hydrogens (tertiary/aromatic N) is 2. The zero-order chi connectivity index (χ0) is 15.8. The first-order valence-corrected chi connectivity index (χ1v) is 7.87. The number of amides is 1. The van der Waals surface area contributed by atoms with E-state index in [1.807, 2.05) is 34.1 Å². The summed E-state index contributed by atoms with van der Waals surface area (Å²) in [7, 11) is 5.90. The maximum atomic E-state index is 12.4. The van der Waals surface area contributed by atoms with Crippen molar-refractivity contribution in [2.45, 2.75) is 19.8 Å². The van der Waals surface area contributed by atoms with E-state index in [0.717, 1.165) is 34.8 Å². The Morgan fingerprint density at radius 1 is 1.33 bits per heavy atom. The predicted octanol–water partition coefficient (Wildman–Crippen LogP) is 1.81. The van der Waals surface area contributed by atoms with Crippen molar-refractivity contribution in [3.8, 4) is 11.8 Å². The van der Waals surface area contributed by atoms with Gasteiger partial charge in [0.2, 0.25) is 0 Å². The Morgan fingerprint density at radius 2 is 2.05 bits per heavy atom. The van der Waals surface area contributed by atoms with Crippen LogP contribution in [0.2, 0.25) is 0 Å². The largest absolute Gasteiger partial charge is 0.395 e. The molecule has 0 aliphatic rings. The molecule has 21 heavy (non-hydrogen) atoms. The third-order valence-corrected chi connectivity index (χ3v) is 4.15. The summed E-state index contributed by atoms with van der Waals surface area (Å²) in [6.07, 6.45) is 1.42. The van der Waals surface area contributed by atoms with Crippen molar-refractivity contribution in [3.63, 3.8) is 0 Å². The second kappa shape index (κ2) is 8.83. The summed E-state index contributed by atoms with van der Waals surface area (Å²) >= 11 is 1.43. The molecule has 0 radical (unpaired) electrons. The Labute approximate surface area is 131 Å². The van der Waals surface area contributed by atoms with Crippen LogP contribution in [-0.2, 0) is 0 Å². The van der Waals surface area contributed by atoms with E-state index in [-0.39, 0.29) is 12.5 Å².